The molecule has 1 aliphatic heterocycles. The minimum atomic E-state index is -4.69. The van der Waals surface area contributed by atoms with E-state index in [9.17, 15) is 40.7 Å². The normalized spacial score (nSPS) is 17.1. The van der Waals surface area contributed by atoms with Gasteiger partial charge in [0.2, 0.25) is 18.0 Å². The maximum absolute atomic E-state index is 13.3. The Balaban J connectivity index is 1.96. The van der Waals surface area contributed by atoms with Gasteiger partial charge in [-0.05, 0) is 32.3 Å². The highest BCUT2D eigenvalue weighted by atomic mass is 19.4. The van der Waals surface area contributed by atoms with E-state index >= 15 is 0 Å². The Bertz CT molecular complexity index is 1260. The van der Waals surface area contributed by atoms with Crippen LogP contribution in [0, 0.1) is 18.8 Å². The summed E-state index contributed by atoms with van der Waals surface area (Å²) >= 11 is 0. The molecule has 1 heterocycles. The van der Waals surface area contributed by atoms with Gasteiger partial charge in [0.25, 0.3) is 5.91 Å². The topological polar surface area (TPSA) is 114 Å². The molecule has 0 saturated carbocycles. The van der Waals surface area contributed by atoms with Gasteiger partial charge in [-0.3, -0.25) is 14.4 Å². The Kier molecular flexibility index (Phi) is 9.59. The van der Waals surface area contributed by atoms with Gasteiger partial charge in [-0.15, -0.1) is 0 Å². The average Bonchev–Trinajstić information content (AvgIpc) is 2.98. The van der Waals surface area contributed by atoms with E-state index in [0.717, 1.165) is 5.56 Å². The summed E-state index contributed by atoms with van der Waals surface area (Å²) in [6, 6.07) is 13.8. The van der Waals surface area contributed by atoms with Gasteiger partial charge >= 0.3 is 12.4 Å². The molecule has 2 aromatic rings. The summed E-state index contributed by atoms with van der Waals surface area (Å²) in [5.41, 5.74) is 8.06. The number of carbonyl (C=O) groups is 3. The number of halogens is 6. The highest BCUT2D eigenvalue weighted by molar-refractivity contribution is 6.19. The Hall–Kier alpha value is -3.90. The molecular weight excluding hydrogens is 542 g/mol. The summed E-state index contributed by atoms with van der Waals surface area (Å²) in [4.78, 5) is 42.9. The van der Waals surface area contributed by atoms with Crippen molar-refractivity contribution in [3.05, 3.63) is 65.2 Å². The Labute approximate surface area is 226 Å². The van der Waals surface area contributed by atoms with Gasteiger partial charge in [-0.1, -0.05) is 48.0 Å². The van der Waals surface area contributed by atoms with Crippen molar-refractivity contribution in [2.45, 2.75) is 57.5 Å². The first kappa shape index (κ1) is 30.6. The van der Waals surface area contributed by atoms with Crippen LogP contribution in [0.25, 0.3) is 0 Å². The van der Waals surface area contributed by atoms with Crippen LogP contribution in [0.4, 0.5) is 32.0 Å². The third kappa shape index (κ3) is 8.55. The van der Waals surface area contributed by atoms with Gasteiger partial charge < -0.3 is 16.4 Å². The third-order valence-corrected chi connectivity index (χ3v) is 6.45. The highest BCUT2D eigenvalue weighted by Crippen LogP contribution is 2.32. The number of alkyl halides is 6. The van der Waals surface area contributed by atoms with Crippen LogP contribution in [0.1, 0.15) is 48.8 Å². The number of anilines is 1. The van der Waals surface area contributed by atoms with Crippen LogP contribution in [0.2, 0.25) is 0 Å². The predicted molar refractivity (Wildman–Crippen MR) is 135 cm³/mol. The number of para-hydroxylation sites is 1. The number of rotatable bonds is 10. The summed E-state index contributed by atoms with van der Waals surface area (Å²) in [7, 11) is 0. The number of amides is 3. The number of hydrogen-bond acceptors (Lipinski definition) is 4. The van der Waals surface area contributed by atoms with E-state index < -0.39 is 80.2 Å². The number of carbonyl (C=O) groups excluding carboxylic acids is 3. The standard InChI is InChI=1S/C27H28F6N4O3/c1-15-8-10-16(11-9-15)21-19-5-2-3-7-20(19)35-25(40)23(36-21)37-24(39)18(6-4-13-26(28,29)30)17(22(34)38)12-14-27(31,32)33/h2-3,5,7-11,17-18,23H,4,6,12-14H2,1H3,(H2,34,38)(H,35,40)(H,37,39)/t17-,18+,23+/m0/s1. The monoisotopic (exact) mass is 570 g/mol. The van der Waals surface area contributed by atoms with Crippen LogP contribution in [0.3, 0.4) is 0 Å². The Morgan fingerprint density at radius 2 is 1.57 bits per heavy atom. The fraction of sp³-hybridized carbons (Fsp3) is 0.407. The number of nitrogens with one attached hydrogen (secondary N) is 2. The number of fused-ring (bicyclic) bond motifs is 1. The van der Waals surface area contributed by atoms with Crippen molar-refractivity contribution in [2.24, 2.45) is 22.6 Å². The van der Waals surface area contributed by atoms with E-state index in [1.807, 2.05) is 19.1 Å². The minimum absolute atomic E-state index is 0.316. The Morgan fingerprint density at radius 3 is 2.17 bits per heavy atom. The zero-order chi connectivity index (χ0) is 29.7. The fourth-order valence-electron chi connectivity index (χ4n) is 4.44. The SMILES string of the molecule is Cc1ccc(C2=N[C@H](NC(=O)[C@H](CCCC(F)(F)F)[C@H](CCC(F)(F)F)C(N)=O)C(=O)Nc3ccccc32)cc1. The van der Waals surface area contributed by atoms with Crippen LogP contribution in [0.5, 0.6) is 0 Å². The smallest absolute Gasteiger partial charge is 0.369 e. The first-order chi connectivity index (χ1) is 18.6. The molecule has 13 heteroatoms. The number of nitrogens with zero attached hydrogens (tertiary/aromatic N) is 1. The summed E-state index contributed by atoms with van der Waals surface area (Å²) in [6.07, 6.45) is -15.8. The van der Waals surface area contributed by atoms with Crippen LogP contribution in [-0.4, -0.2) is 42.0 Å². The van der Waals surface area contributed by atoms with Crippen molar-refractivity contribution >= 4 is 29.1 Å². The van der Waals surface area contributed by atoms with E-state index in [-0.39, 0.29) is 0 Å². The molecule has 4 N–H and O–H groups in total. The molecule has 2 aromatic carbocycles. The van der Waals surface area contributed by atoms with Gasteiger partial charge in [0, 0.05) is 35.8 Å². The summed E-state index contributed by atoms with van der Waals surface area (Å²) in [5.74, 6) is -6.53. The summed E-state index contributed by atoms with van der Waals surface area (Å²) in [5, 5.41) is 4.96. The highest BCUT2D eigenvalue weighted by Gasteiger charge is 2.39. The van der Waals surface area contributed by atoms with E-state index in [1.165, 1.54) is 0 Å². The molecule has 0 aliphatic carbocycles. The van der Waals surface area contributed by atoms with Gasteiger partial charge in [-0.2, -0.15) is 26.3 Å². The lowest BCUT2D eigenvalue weighted by molar-refractivity contribution is -0.147. The van der Waals surface area contributed by atoms with Crippen molar-refractivity contribution in [3.63, 3.8) is 0 Å². The first-order valence-electron chi connectivity index (χ1n) is 12.4. The van der Waals surface area contributed by atoms with E-state index in [0.29, 0.717) is 22.5 Å². The molecule has 0 radical (unpaired) electrons. The zero-order valence-electron chi connectivity index (χ0n) is 21.4. The molecule has 7 nitrogen and oxygen atoms in total. The molecule has 0 aromatic heterocycles. The molecular formula is C27H28F6N4O3. The number of hydrogen-bond donors (Lipinski definition) is 3. The number of nitrogens with two attached hydrogens (primary N) is 1. The predicted octanol–water partition coefficient (Wildman–Crippen LogP) is 5.02. The molecule has 0 bridgehead atoms. The van der Waals surface area contributed by atoms with Crippen LogP contribution in [0.15, 0.2) is 53.5 Å². The minimum Gasteiger partial charge on any atom is -0.369 e. The maximum Gasteiger partial charge on any atom is 0.389 e. The fourth-order valence-corrected chi connectivity index (χ4v) is 4.44. The summed E-state index contributed by atoms with van der Waals surface area (Å²) in [6.45, 7) is 1.87. The van der Waals surface area contributed by atoms with Crippen molar-refractivity contribution in [1.82, 2.24) is 5.32 Å². The quantitative estimate of drug-likeness (QED) is 0.349. The maximum atomic E-state index is 13.3. The number of benzene rings is 2. The van der Waals surface area contributed by atoms with E-state index in [1.54, 1.807) is 36.4 Å². The number of benzodiazepines with no additional fused rings is 1. The molecule has 216 valence electrons. The lowest BCUT2D eigenvalue weighted by atomic mass is 9.83. The van der Waals surface area contributed by atoms with E-state index in [2.05, 4.69) is 15.6 Å². The van der Waals surface area contributed by atoms with E-state index in [4.69, 9.17) is 5.73 Å². The zero-order valence-corrected chi connectivity index (χ0v) is 21.4. The largest absolute Gasteiger partial charge is 0.389 e. The second kappa shape index (κ2) is 12.5. The summed E-state index contributed by atoms with van der Waals surface area (Å²) < 4.78 is 77.1. The molecule has 0 fully saturated rings. The molecule has 0 unspecified atom stereocenters. The van der Waals surface area contributed by atoms with Crippen LogP contribution in [-0.2, 0) is 14.4 Å². The van der Waals surface area contributed by atoms with Crippen LogP contribution < -0.4 is 16.4 Å². The molecule has 1 aliphatic rings. The Morgan fingerprint density at radius 1 is 0.950 bits per heavy atom. The number of primary amides is 1. The van der Waals surface area contributed by atoms with Crippen LogP contribution >= 0.6 is 0 Å². The van der Waals surface area contributed by atoms with Gasteiger partial charge in [0.15, 0.2) is 0 Å². The molecule has 3 rings (SSSR count). The second-order valence-corrected chi connectivity index (χ2v) is 9.57. The van der Waals surface area contributed by atoms with Gasteiger partial charge in [0.1, 0.15) is 0 Å². The van der Waals surface area contributed by atoms with Crippen molar-refractivity contribution in [2.75, 3.05) is 5.32 Å². The first-order valence-corrected chi connectivity index (χ1v) is 12.4. The lowest BCUT2D eigenvalue weighted by Crippen LogP contribution is -2.48. The number of aryl methyl sites for hydroxylation is 1. The van der Waals surface area contributed by atoms with Gasteiger partial charge in [0.05, 0.1) is 11.4 Å². The van der Waals surface area contributed by atoms with Gasteiger partial charge in [-0.25, -0.2) is 4.99 Å². The molecule has 3 amide bonds. The lowest BCUT2D eigenvalue weighted by Gasteiger charge is -2.26. The molecule has 3 atom stereocenters. The molecule has 0 spiro atoms. The molecule has 40 heavy (non-hydrogen) atoms. The van der Waals surface area contributed by atoms with Crippen molar-refractivity contribution in [1.29, 1.82) is 0 Å². The van der Waals surface area contributed by atoms with Crippen molar-refractivity contribution < 1.29 is 40.7 Å². The third-order valence-electron chi connectivity index (χ3n) is 6.45. The molecule has 0 saturated heterocycles. The van der Waals surface area contributed by atoms with Crippen molar-refractivity contribution in [3.8, 4) is 0 Å². The number of aliphatic imine (C=N–C) groups is 1. The second-order valence-electron chi connectivity index (χ2n) is 9.57. The average molecular weight is 571 g/mol.